The third kappa shape index (κ3) is 29.3. The molecular weight excluding hydrogens is 873 g/mol. The van der Waals surface area contributed by atoms with Crippen LogP contribution in [0, 0.1) is 0 Å². The third-order valence-electron chi connectivity index (χ3n) is 9.68. The van der Waals surface area contributed by atoms with Gasteiger partial charge in [-0.05, 0) is 94.9 Å². The fourth-order valence-corrected chi connectivity index (χ4v) is 5.94. The SMILES string of the molecule is C=C(C)C(=O)OCCCCC(=O)OC(COCCCCOCCC)c1ccccc1.C=C(C)C(=O)OCCCCC(=O)OC(COCCCCOCCOc1cccc(OC)c1)c1ccccc1. The van der Waals surface area contributed by atoms with E-state index >= 15 is 0 Å². The van der Waals surface area contributed by atoms with E-state index in [0.717, 1.165) is 67.9 Å². The molecule has 0 aliphatic heterocycles. The van der Waals surface area contributed by atoms with Gasteiger partial charge in [-0.25, -0.2) is 9.59 Å². The molecule has 0 saturated heterocycles. The molecule has 2 unspecified atom stereocenters. The molecule has 0 radical (unpaired) electrons. The van der Waals surface area contributed by atoms with Gasteiger partial charge >= 0.3 is 23.9 Å². The van der Waals surface area contributed by atoms with Crippen molar-refractivity contribution in [2.75, 3.05) is 79.8 Å². The number of esters is 4. The van der Waals surface area contributed by atoms with E-state index in [0.29, 0.717) is 76.5 Å². The molecule has 3 aromatic carbocycles. The maximum Gasteiger partial charge on any atom is 0.333 e. The van der Waals surface area contributed by atoms with E-state index < -0.39 is 24.1 Å². The van der Waals surface area contributed by atoms with Crippen molar-refractivity contribution in [1.29, 1.82) is 0 Å². The molecule has 3 rings (SSSR count). The summed E-state index contributed by atoms with van der Waals surface area (Å²) in [5.41, 5.74) is 2.52. The molecule has 0 aliphatic rings. The summed E-state index contributed by atoms with van der Waals surface area (Å²) in [6, 6.07) is 26.6. The van der Waals surface area contributed by atoms with Gasteiger partial charge in [0.2, 0.25) is 0 Å². The smallest absolute Gasteiger partial charge is 0.333 e. The number of hydrogen-bond acceptors (Lipinski definition) is 14. The first kappa shape index (κ1) is 58.6. The van der Waals surface area contributed by atoms with Gasteiger partial charge in [-0.15, -0.1) is 0 Å². The quantitative estimate of drug-likeness (QED) is 0.0232. The highest BCUT2D eigenvalue weighted by molar-refractivity contribution is 5.87. The van der Waals surface area contributed by atoms with Crippen LogP contribution in [0.4, 0.5) is 0 Å². The van der Waals surface area contributed by atoms with Crippen LogP contribution >= 0.6 is 0 Å². The molecule has 0 aromatic heterocycles. The number of hydrogen-bond donors (Lipinski definition) is 0. The van der Waals surface area contributed by atoms with Crippen molar-refractivity contribution < 1.29 is 66.5 Å². The van der Waals surface area contributed by atoms with E-state index in [9.17, 15) is 19.2 Å². The van der Waals surface area contributed by atoms with Crippen LogP contribution in [0.5, 0.6) is 11.5 Å². The molecule has 68 heavy (non-hydrogen) atoms. The Bertz CT molecular complexity index is 1830. The second-order valence-electron chi connectivity index (χ2n) is 15.8. The topological polar surface area (TPSA) is 161 Å². The van der Waals surface area contributed by atoms with Crippen LogP contribution in [0.2, 0.25) is 0 Å². The van der Waals surface area contributed by atoms with Crippen molar-refractivity contribution in [3.05, 3.63) is 120 Å². The van der Waals surface area contributed by atoms with Crippen molar-refractivity contribution in [3.8, 4) is 11.5 Å². The number of carbonyl (C=O) groups is 4. The highest BCUT2D eigenvalue weighted by atomic mass is 16.6. The predicted octanol–water partition coefficient (Wildman–Crippen LogP) is 10.2. The van der Waals surface area contributed by atoms with E-state index in [1.165, 1.54) is 0 Å². The Morgan fingerprint density at radius 3 is 1.35 bits per heavy atom. The summed E-state index contributed by atoms with van der Waals surface area (Å²) < 4.78 is 54.9. The van der Waals surface area contributed by atoms with Gasteiger partial charge in [0.1, 0.15) is 18.1 Å². The number of carbonyl (C=O) groups excluding carboxylic acids is 4. The lowest BCUT2D eigenvalue weighted by Gasteiger charge is -2.18. The third-order valence-corrected chi connectivity index (χ3v) is 9.68. The van der Waals surface area contributed by atoms with Crippen molar-refractivity contribution in [2.45, 2.75) is 104 Å². The summed E-state index contributed by atoms with van der Waals surface area (Å²) in [6.45, 7) is 17.7. The fraction of sp³-hybridized carbons (Fsp3) is 0.519. The zero-order chi connectivity index (χ0) is 49.5. The van der Waals surface area contributed by atoms with Crippen LogP contribution in [0.3, 0.4) is 0 Å². The molecule has 3 aromatic rings. The van der Waals surface area contributed by atoms with Crippen LogP contribution in [-0.4, -0.2) is 104 Å². The molecular formula is C54H76O14. The maximum absolute atomic E-state index is 12.4. The standard InChI is InChI=1S/C30H40O8.C24H36O6/c1-24(2)30(32)37-19-8-7-16-29(31)38-28(25-12-5-4-6-13-25)23-35-18-10-9-17-34-20-21-36-27-15-11-14-26(22-27)33-3;1-4-15-27-16-10-11-17-28-19-22(21-12-6-5-7-13-21)30-23(25)14-8-9-18-29-24(26)20(2)3/h4-6,11-15,22,28H,1,7-10,16-21,23H2,2-3H3;5-7,12-13,22H,2,4,8-11,14-19H2,1,3H3. The lowest BCUT2D eigenvalue weighted by molar-refractivity contribution is -0.154. The minimum atomic E-state index is -0.477. The molecule has 14 heteroatoms. The van der Waals surface area contributed by atoms with Gasteiger partial charge < -0.3 is 47.4 Å². The first-order chi connectivity index (χ1) is 33.0. The largest absolute Gasteiger partial charge is 0.497 e. The van der Waals surface area contributed by atoms with Crippen molar-refractivity contribution in [2.24, 2.45) is 0 Å². The van der Waals surface area contributed by atoms with Gasteiger partial charge in [0, 0.05) is 63.1 Å². The van der Waals surface area contributed by atoms with Gasteiger partial charge in [-0.3, -0.25) is 9.59 Å². The number of ether oxygens (including phenoxy) is 10. The Hall–Kier alpha value is -5.54. The summed E-state index contributed by atoms with van der Waals surface area (Å²) in [5.74, 6) is 0.0881. The molecule has 0 N–H and O–H groups in total. The van der Waals surface area contributed by atoms with Gasteiger partial charge in [-0.1, -0.05) is 86.8 Å². The summed E-state index contributed by atoms with van der Waals surface area (Å²) in [4.78, 5) is 47.3. The Morgan fingerprint density at radius 1 is 0.485 bits per heavy atom. The summed E-state index contributed by atoms with van der Waals surface area (Å²) >= 11 is 0. The van der Waals surface area contributed by atoms with Gasteiger partial charge in [0.05, 0.1) is 40.1 Å². The second kappa shape index (κ2) is 38.4. The monoisotopic (exact) mass is 949 g/mol. The number of rotatable bonds is 37. The zero-order valence-electron chi connectivity index (χ0n) is 40.9. The average Bonchev–Trinajstić information content (AvgIpc) is 3.34. The Balaban J connectivity index is 0.000000481. The van der Waals surface area contributed by atoms with E-state index in [-0.39, 0.29) is 44.6 Å². The van der Waals surface area contributed by atoms with E-state index in [1.807, 2.05) is 84.9 Å². The second-order valence-corrected chi connectivity index (χ2v) is 15.8. The molecule has 376 valence electrons. The summed E-state index contributed by atoms with van der Waals surface area (Å²) in [7, 11) is 1.62. The minimum Gasteiger partial charge on any atom is -0.497 e. The zero-order valence-corrected chi connectivity index (χ0v) is 40.9. The van der Waals surface area contributed by atoms with E-state index in [1.54, 1.807) is 21.0 Å². The molecule has 2 atom stereocenters. The van der Waals surface area contributed by atoms with Gasteiger partial charge in [-0.2, -0.15) is 0 Å². The first-order valence-electron chi connectivity index (χ1n) is 23.8. The Labute approximate surface area is 404 Å². The maximum atomic E-state index is 12.4. The Morgan fingerprint density at radius 2 is 0.912 bits per heavy atom. The molecule has 0 aliphatic carbocycles. The van der Waals surface area contributed by atoms with E-state index in [2.05, 4.69) is 20.1 Å². The van der Waals surface area contributed by atoms with Crippen molar-refractivity contribution >= 4 is 23.9 Å². The average molecular weight is 949 g/mol. The lowest BCUT2D eigenvalue weighted by Crippen LogP contribution is -2.17. The van der Waals surface area contributed by atoms with Gasteiger partial charge in [0.25, 0.3) is 0 Å². The van der Waals surface area contributed by atoms with Gasteiger partial charge in [0.15, 0.2) is 12.2 Å². The first-order valence-corrected chi connectivity index (χ1v) is 23.8. The normalized spacial score (nSPS) is 11.5. The molecule has 14 nitrogen and oxygen atoms in total. The van der Waals surface area contributed by atoms with Crippen molar-refractivity contribution in [3.63, 3.8) is 0 Å². The molecule has 0 heterocycles. The molecule has 0 bridgehead atoms. The van der Waals surface area contributed by atoms with Crippen LogP contribution in [0.25, 0.3) is 0 Å². The molecule has 0 amide bonds. The van der Waals surface area contributed by atoms with Crippen LogP contribution in [0.15, 0.2) is 109 Å². The highest BCUT2D eigenvalue weighted by Gasteiger charge is 2.19. The highest BCUT2D eigenvalue weighted by Crippen LogP contribution is 2.22. The molecule has 0 fully saturated rings. The number of unbranched alkanes of at least 4 members (excludes halogenated alkanes) is 4. The molecule has 0 spiro atoms. The summed E-state index contributed by atoms with van der Waals surface area (Å²) in [5, 5.41) is 0. The predicted molar refractivity (Wildman–Crippen MR) is 260 cm³/mol. The van der Waals surface area contributed by atoms with E-state index in [4.69, 9.17) is 47.4 Å². The fourth-order valence-electron chi connectivity index (χ4n) is 5.94. The van der Waals surface area contributed by atoms with Crippen LogP contribution < -0.4 is 9.47 Å². The van der Waals surface area contributed by atoms with Crippen LogP contribution in [0.1, 0.15) is 115 Å². The summed E-state index contributed by atoms with van der Waals surface area (Å²) in [6.07, 6.45) is 6.49. The Kier molecular flexibility index (Phi) is 33.1. The number of methoxy groups -OCH3 is 1. The van der Waals surface area contributed by atoms with Crippen molar-refractivity contribution in [1.82, 2.24) is 0 Å². The molecule has 0 saturated carbocycles. The minimum absolute atomic E-state index is 0.243. The number of benzene rings is 3. The lowest BCUT2D eigenvalue weighted by atomic mass is 10.1. The van der Waals surface area contributed by atoms with Crippen LogP contribution in [-0.2, 0) is 57.1 Å².